The maximum Gasteiger partial charge on any atom is 0.254 e. The second-order valence-electron chi connectivity index (χ2n) is 5.21. The fourth-order valence-corrected chi connectivity index (χ4v) is 4.15. The minimum atomic E-state index is 0.0989. The van der Waals surface area contributed by atoms with E-state index in [1.807, 2.05) is 35.2 Å². The van der Waals surface area contributed by atoms with Crippen LogP contribution in [0, 0.1) is 0 Å². The molecule has 1 aromatic heterocycles. The smallest absolute Gasteiger partial charge is 0.254 e. The molecule has 1 aromatic carbocycles. The first-order chi connectivity index (χ1) is 10.2. The molecular weight excluding hydrogens is 348 g/mol. The Morgan fingerprint density at radius 1 is 1.29 bits per heavy atom. The Bertz CT molecular complexity index is 638. The van der Waals surface area contributed by atoms with Gasteiger partial charge in [-0.1, -0.05) is 12.1 Å². The lowest BCUT2D eigenvalue weighted by molar-refractivity contribution is 0.0741. The summed E-state index contributed by atoms with van der Waals surface area (Å²) in [7, 11) is 0. The van der Waals surface area contributed by atoms with Crippen LogP contribution in [0.1, 0.15) is 23.2 Å². The van der Waals surface area contributed by atoms with E-state index in [4.69, 9.17) is 5.73 Å². The first-order valence-electron chi connectivity index (χ1n) is 7.06. The van der Waals surface area contributed by atoms with Gasteiger partial charge in [0.1, 0.15) is 0 Å². The largest absolute Gasteiger partial charge is 0.334 e. The molecule has 0 aliphatic carbocycles. The van der Waals surface area contributed by atoms with Crippen molar-refractivity contribution in [2.45, 2.75) is 18.9 Å². The number of thiophene rings is 1. The predicted octanol–water partition coefficient (Wildman–Crippen LogP) is 3.74. The third-order valence-corrected chi connectivity index (χ3v) is 5.57. The van der Waals surface area contributed by atoms with Crippen LogP contribution in [-0.4, -0.2) is 29.9 Å². The summed E-state index contributed by atoms with van der Waals surface area (Å²) in [5.41, 5.74) is 7.63. The number of halogens is 1. The highest BCUT2D eigenvalue weighted by atomic mass is 79.9. The van der Waals surface area contributed by atoms with E-state index >= 15 is 0 Å². The lowest BCUT2D eigenvalue weighted by Crippen LogP contribution is -2.39. The molecule has 1 unspecified atom stereocenters. The summed E-state index contributed by atoms with van der Waals surface area (Å²) in [6.45, 7) is 1.37. The highest BCUT2D eigenvalue weighted by Crippen LogP contribution is 2.31. The number of nitrogens with zero attached hydrogens (tertiary/aromatic N) is 1. The normalized spacial score (nSPS) is 18.2. The predicted molar refractivity (Wildman–Crippen MR) is 90.6 cm³/mol. The number of amides is 1. The van der Waals surface area contributed by atoms with Gasteiger partial charge in [-0.15, -0.1) is 11.3 Å². The van der Waals surface area contributed by atoms with E-state index in [1.54, 1.807) is 11.3 Å². The molecular formula is C16H17BrN2OS. The minimum absolute atomic E-state index is 0.0989. The van der Waals surface area contributed by atoms with Crippen LogP contribution in [0.2, 0.25) is 0 Å². The van der Waals surface area contributed by atoms with E-state index in [2.05, 4.69) is 22.0 Å². The number of carbonyl (C=O) groups is 1. The lowest BCUT2D eigenvalue weighted by Gasteiger charge is -2.23. The third kappa shape index (κ3) is 3.05. The van der Waals surface area contributed by atoms with Crippen molar-refractivity contribution in [1.29, 1.82) is 0 Å². The van der Waals surface area contributed by atoms with E-state index in [0.29, 0.717) is 6.54 Å². The van der Waals surface area contributed by atoms with Crippen molar-refractivity contribution in [2.75, 3.05) is 13.1 Å². The number of likely N-dealkylation sites (tertiary alicyclic amines) is 1. The van der Waals surface area contributed by atoms with E-state index < -0.39 is 0 Å². The topological polar surface area (TPSA) is 46.3 Å². The Hall–Kier alpha value is -1.17. The average molecular weight is 365 g/mol. The van der Waals surface area contributed by atoms with Crippen LogP contribution >= 0.6 is 27.3 Å². The molecule has 2 N–H and O–H groups in total. The Balaban J connectivity index is 1.79. The maximum absolute atomic E-state index is 12.5. The van der Waals surface area contributed by atoms with Crippen LogP contribution in [-0.2, 0) is 0 Å². The molecule has 3 nitrogen and oxygen atoms in total. The standard InChI is InChI=1S/C16H17BrN2OS/c17-15-8-7-14(21-15)11-3-5-12(6-4-11)16(20)19-9-1-2-13(19)10-18/h3-8,13H,1-2,9-10,18H2. The van der Waals surface area contributed by atoms with E-state index in [0.717, 1.165) is 34.3 Å². The van der Waals surface area contributed by atoms with Crippen LogP contribution in [0.25, 0.3) is 10.4 Å². The van der Waals surface area contributed by atoms with Gasteiger partial charge in [-0.2, -0.15) is 0 Å². The van der Waals surface area contributed by atoms with Gasteiger partial charge >= 0.3 is 0 Å². The van der Waals surface area contributed by atoms with Crippen molar-refractivity contribution < 1.29 is 4.79 Å². The van der Waals surface area contributed by atoms with Crippen molar-refractivity contribution in [3.63, 3.8) is 0 Å². The van der Waals surface area contributed by atoms with Crippen molar-refractivity contribution in [3.8, 4) is 10.4 Å². The number of nitrogens with two attached hydrogens (primary N) is 1. The molecule has 1 saturated heterocycles. The summed E-state index contributed by atoms with van der Waals surface area (Å²) in [5, 5.41) is 0. The van der Waals surface area contributed by atoms with Gasteiger partial charge in [0.25, 0.3) is 5.91 Å². The first kappa shape index (κ1) is 14.8. The fourth-order valence-electron chi connectivity index (χ4n) is 2.76. The Labute approximate surface area is 136 Å². The Kier molecular flexibility index (Phi) is 4.42. The van der Waals surface area contributed by atoms with E-state index in [9.17, 15) is 4.79 Å². The average Bonchev–Trinajstić information content (AvgIpc) is 3.15. The second-order valence-corrected chi connectivity index (χ2v) is 7.67. The van der Waals surface area contributed by atoms with Crippen LogP contribution < -0.4 is 5.73 Å². The van der Waals surface area contributed by atoms with Gasteiger partial charge in [0.05, 0.1) is 3.79 Å². The van der Waals surface area contributed by atoms with Gasteiger partial charge < -0.3 is 10.6 Å². The number of carbonyl (C=O) groups excluding carboxylic acids is 1. The molecule has 5 heteroatoms. The molecule has 2 heterocycles. The zero-order chi connectivity index (χ0) is 14.8. The number of rotatable bonds is 3. The van der Waals surface area contributed by atoms with E-state index in [1.165, 1.54) is 4.88 Å². The van der Waals surface area contributed by atoms with Crippen molar-refractivity contribution in [3.05, 3.63) is 45.7 Å². The third-order valence-electron chi connectivity index (χ3n) is 3.90. The van der Waals surface area contributed by atoms with Crippen LogP contribution in [0.3, 0.4) is 0 Å². The molecule has 1 fully saturated rings. The fraction of sp³-hybridized carbons (Fsp3) is 0.312. The minimum Gasteiger partial charge on any atom is -0.334 e. The highest BCUT2D eigenvalue weighted by Gasteiger charge is 2.28. The summed E-state index contributed by atoms with van der Waals surface area (Å²) in [6.07, 6.45) is 2.07. The number of hydrogen-bond acceptors (Lipinski definition) is 3. The molecule has 2 aromatic rings. The van der Waals surface area contributed by atoms with Gasteiger partial charge in [0, 0.05) is 29.6 Å². The Morgan fingerprint density at radius 2 is 2.05 bits per heavy atom. The van der Waals surface area contributed by atoms with Crippen LogP contribution in [0.4, 0.5) is 0 Å². The number of hydrogen-bond donors (Lipinski definition) is 1. The summed E-state index contributed by atoms with van der Waals surface area (Å²) < 4.78 is 1.11. The summed E-state index contributed by atoms with van der Waals surface area (Å²) in [4.78, 5) is 15.6. The van der Waals surface area contributed by atoms with Crippen molar-refractivity contribution in [1.82, 2.24) is 4.90 Å². The molecule has 21 heavy (non-hydrogen) atoms. The molecule has 1 atom stereocenters. The van der Waals surface area contributed by atoms with Gasteiger partial charge in [-0.25, -0.2) is 0 Å². The lowest BCUT2D eigenvalue weighted by atomic mass is 10.1. The molecule has 1 aliphatic rings. The van der Waals surface area contributed by atoms with Crippen LogP contribution in [0.5, 0.6) is 0 Å². The van der Waals surface area contributed by atoms with Crippen molar-refractivity contribution >= 4 is 33.2 Å². The van der Waals surface area contributed by atoms with Crippen molar-refractivity contribution in [2.24, 2.45) is 5.73 Å². The zero-order valence-electron chi connectivity index (χ0n) is 11.6. The Morgan fingerprint density at radius 3 is 2.67 bits per heavy atom. The van der Waals surface area contributed by atoms with Gasteiger partial charge in [0.2, 0.25) is 0 Å². The molecule has 110 valence electrons. The maximum atomic E-state index is 12.5. The SMILES string of the molecule is NCC1CCCN1C(=O)c1ccc(-c2ccc(Br)s2)cc1. The quantitative estimate of drug-likeness (QED) is 0.901. The van der Waals surface area contributed by atoms with E-state index in [-0.39, 0.29) is 11.9 Å². The highest BCUT2D eigenvalue weighted by molar-refractivity contribution is 9.11. The van der Waals surface area contributed by atoms with Gasteiger partial charge in [-0.3, -0.25) is 4.79 Å². The molecule has 3 rings (SSSR count). The van der Waals surface area contributed by atoms with Gasteiger partial charge in [-0.05, 0) is 58.6 Å². The first-order valence-corrected chi connectivity index (χ1v) is 8.67. The molecule has 1 aliphatic heterocycles. The zero-order valence-corrected chi connectivity index (χ0v) is 14.0. The molecule has 0 bridgehead atoms. The monoisotopic (exact) mass is 364 g/mol. The summed E-state index contributed by atoms with van der Waals surface area (Å²) >= 11 is 5.16. The number of benzene rings is 1. The van der Waals surface area contributed by atoms with Gasteiger partial charge in [0.15, 0.2) is 0 Å². The molecule has 0 spiro atoms. The molecule has 0 radical (unpaired) electrons. The second kappa shape index (κ2) is 6.30. The molecule has 1 amide bonds. The summed E-state index contributed by atoms with van der Waals surface area (Å²) in [5.74, 6) is 0.0989. The van der Waals surface area contributed by atoms with Crippen LogP contribution in [0.15, 0.2) is 40.2 Å². The molecule has 0 saturated carbocycles. The summed E-state index contributed by atoms with van der Waals surface area (Å²) in [6, 6.07) is 12.2.